The molecule has 166 valence electrons. The van der Waals surface area contributed by atoms with E-state index in [2.05, 4.69) is 32.7 Å². The summed E-state index contributed by atoms with van der Waals surface area (Å²) in [6, 6.07) is 15.8. The highest BCUT2D eigenvalue weighted by molar-refractivity contribution is 5.96. The van der Waals surface area contributed by atoms with Gasteiger partial charge in [0.05, 0.1) is 20.3 Å². The van der Waals surface area contributed by atoms with Crippen molar-refractivity contribution in [1.29, 1.82) is 0 Å². The maximum Gasteiger partial charge on any atom is 0.242 e. The Morgan fingerprint density at radius 3 is 2.45 bits per heavy atom. The fraction of sp³-hybridized carbons (Fsp3) is 0.391. The molecule has 1 saturated heterocycles. The van der Waals surface area contributed by atoms with Crippen LogP contribution in [0.25, 0.3) is 0 Å². The molecule has 31 heavy (non-hydrogen) atoms. The highest BCUT2D eigenvalue weighted by atomic mass is 16.5. The van der Waals surface area contributed by atoms with Gasteiger partial charge in [-0.1, -0.05) is 18.2 Å². The lowest BCUT2D eigenvalue weighted by molar-refractivity contribution is -0.130. The molecule has 8 nitrogen and oxygen atoms in total. The number of nitrogens with zero attached hydrogens (tertiary/aromatic N) is 3. The van der Waals surface area contributed by atoms with Gasteiger partial charge in [0.1, 0.15) is 0 Å². The summed E-state index contributed by atoms with van der Waals surface area (Å²) in [7, 11) is 3.28. The smallest absolute Gasteiger partial charge is 0.242 e. The van der Waals surface area contributed by atoms with E-state index in [0.717, 1.165) is 18.8 Å². The summed E-state index contributed by atoms with van der Waals surface area (Å²) in [5.74, 6) is 1.89. The number of nitrogens with one attached hydrogen (secondary N) is 2. The number of para-hydroxylation sites is 1. The molecule has 0 aliphatic carbocycles. The Hall–Kier alpha value is -3.42. The van der Waals surface area contributed by atoms with Gasteiger partial charge in [-0.2, -0.15) is 0 Å². The zero-order valence-corrected chi connectivity index (χ0v) is 18.4. The second-order valence-electron chi connectivity index (χ2n) is 7.05. The van der Waals surface area contributed by atoms with Crippen molar-refractivity contribution in [1.82, 2.24) is 10.2 Å². The van der Waals surface area contributed by atoms with Crippen LogP contribution in [0.2, 0.25) is 0 Å². The Balaban J connectivity index is 1.49. The van der Waals surface area contributed by atoms with Crippen molar-refractivity contribution < 1.29 is 14.3 Å². The molecule has 1 fully saturated rings. The fourth-order valence-corrected chi connectivity index (χ4v) is 3.46. The van der Waals surface area contributed by atoms with E-state index >= 15 is 0 Å². The number of guanidine groups is 1. The molecule has 1 aliphatic heterocycles. The van der Waals surface area contributed by atoms with E-state index in [-0.39, 0.29) is 12.5 Å². The van der Waals surface area contributed by atoms with Crippen LogP contribution in [0.4, 0.5) is 11.4 Å². The molecular weight excluding hydrogens is 394 g/mol. The molecule has 2 N–H and O–H groups in total. The molecule has 8 heteroatoms. The molecule has 3 rings (SSSR count). The molecule has 0 unspecified atom stereocenters. The van der Waals surface area contributed by atoms with Crippen LogP contribution in [0.3, 0.4) is 0 Å². The first-order valence-electron chi connectivity index (χ1n) is 10.5. The van der Waals surface area contributed by atoms with Crippen molar-refractivity contribution in [3.05, 3.63) is 48.5 Å². The van der Waals surface area contributed by atoms with E-state index in [9.17, 15) is 4.79 Å². The number of hydrogen-bond donors (Lipinski definition) is 2. The summed E-state index contributed by atoms with van der Waals surface area (Å²) < 4.78 is 10.9. The van der Waals surface area contributed by atoms with Crippen LogP contribution in [0.5, 0.6) is 11.5 Å². The minimum absolute atomic E-state index is 0.0559. The summed E-state index contributed by atoms with van der Waals surface area (Å²) >= 11 is 0. The molecule has 1 heterocycles. The third-order valence-electron chi connectivity index (χ3n) is 5.11. The van der Waals surface area contributed by atoms with Crippen LogP contribution in [-0.4, -0.2) is 70.3 Å². The number of anilines is 2. The molecule has 0 atom stereocenters. The second kappa shape index (κ2) is 11.1. The minimum Gasteiger partial charge on any atom is -0.493 e. The number of carbonyl (C=O) groups excluding carboxylic acids is 1. The second-order valence-corrected chi connectivity index (χ2v) is 7.05. The Kier molecular flexibility index (Phi) is 7.98. The average Bonchev–Trinajstić information content (AvgIpc) is 2.82. The first-order chi connectivity index (χ1) is 15.1. The highest BCUT2D eigenvalue weighted by Gasteiger charge is 2.21. The fourth-order valence-electron chi connectivity index (χ4n) is 3.46. The van der Waals surface area contributed by atoms with E-state index in [1.807, 2.05) is 48.2 Å². The highest BCUT2D eigenvalue weighted by Crippen LogP contribution is 2.30. The van der Waals surface area contributed by atoms with Crippen LogP contribution >= 0.6 is 0 Å². The van der Waals surface area contributed by atoms with E-state index in [4.69, 9.17) is 9.47 Å². The zero-order chi connectivity index (χ0) is 22.1. The van der Waals surface area contributed by atoms with E-state index in [0.29, 0.717) is 37.2 Å². The standard InChI is InChI=1S/C23H31N5O3/c1-4-31-21-16-18(10-11-20(21)30-3)26-23(24-2)25-17-22(29)28-14-12-27(13-15-28)19-8-6-5-7-9-19/h5-11,16H,4,12-15,17H2,1-3H3,(H2,24,25,26). The van der Waals surface area contributed by atoms with Crippen molar-refractivity contribution in [3.8, 4) is 11.5 Å². The van der Waals surface area contributed by atoms with Crippen molar-refractivity contribution in [2.75, 3.05) is 63.7 Å². The Morgan fingerprint density at radius 1 is 1.06 bits per heavy atom. The maximum atomic E-state index is 12.7. The van der Waals surface area contributed by atoms with Crippen molar-refractivity contribution in [3.63, 3.8) is 0 Å². The zero-order valence-electron chi connectivity index (χ0n) is 18.4. The van der Waals surface area contributed by atoms with Gasteiger partial charge in [0.25, 0.3) is 0 Å². The van der Waals surface area contributed by atoms with E-state index in [1.165, 1.54) is 5.69 Å². The molecule has 1 amide bonds. The lowest BCUT2D eigenvalue weighted by Crippen LogP contribution is -2.51. The third-order valence-corrected chi connectivity index (χ3v) is 5.11. The monoisotopic (exact) mass is 425 g/mol. The molecule has 2 aromatic rings. The molecule has 2 aromatic carbocycles. The number of rotatable bonds is 7. The molecule has 1 aliphatic rings. The summed E-state index contributed by atoms with van der Waals surface area (Å²) in [6.07, 6.45) is 0. The van der Waals surface area contributed by atoms with Gasteiger partial charge in [0.2, 0.25) is 5.91 Å². The minimum atomic E-state index is 0.0559. The Bertz CT molecular complexity index is 880. The van der Waals surface area contributed by atoms with Gasteiger partial charge in [-0.25, -0.2) is 0 Å². The number of methoxy groups -OCH3 is 1. The SMILES string of the molecule is CCOc1cc(NC(=NC)NCC(=O)N2CCN(c3ccccc3)CC2)ccc1OC. The number of piperazine rings is 1. The lowest BCUT2D eigenvalue weighted by atomic mass is 10.2. The third kappa shape index (κ3) is 6.04. The summed E-state index contributed by atoms with van der Waals surface area (Å²) in [5.41, 5.74) is 1.99. The van der Waals surface area contributed by atoms with Crippen molar-refractivity contribution >= 4 is 23.2 Å². The molecule has 0 radical (unpaired) electrons. The van der Waals surface area contributed by atoms with Crippen LogP contribution < -0.4 is 25.0 Å². The summed E-state index contributed by atoms with van der Waals surface area (Å²) in [6.45, 7) is 5.71. The number of hydrogen-bond acceptors (Lipinski definition) is 5. The van der Waals surface area contributed by atoms with E-state index < -0.39 is 0 Å². The maximum absolute atomic E-state index is 12.7. The summed E-state index contributed by atoms with van der Waals surface area (Å²) in [5, 5.41) is 6.29. The normalized spacial score (nSPS) is 14.2. The summed E-state index contributed by atoms with van der Waals surface area (Å²) in [4.78, 5) is 21.1. The predicted molar refractivity (Wildman–Crippen MR) is 124 cm³/mol. The Labute approximate surface area is 183 Å². The number of ether oxygens (including phenoxy) is 2. The predicted octanol–water partition coefficient (Wildman–Crippen LogP) is 2.43. The van der Waals surface area contributed by atoms with Crippen LogP contribution in [0.1, 0.15) is 6.92 Å². The van der Waals surface area contributed by atoms with Gasteiger partial charge in [0, 0.05) is 50.7 Å². The molecular formula is C23H31N5O3. The average molecular weight is 426 g/mol. The number of amides is 1. The van der Waals surface area contributed by atoms with Gasteiger partial charge in [0.15, 0.2) is 17.5 Å². The molecule has 0 aromatic heterocycles. The van der Waals surface area contributed by atoms with Gasteiger partial charge < -0.3 is 29.9 Å². The lowest BCUT2D eigenvalue weighted by Gasteiger charge is -2.36. The molecule has 0 bridgehead atoms. The largest absolute Gasteiger partial charge is 0.493 e. The topological polar surface area (TPSA) is 78.4 Å². The van der Waals surface area contributed by atoms with Crippen molar-refractivity contribution in [2.24, 2.45) is 4.99 Å². The van der Waals surface area contributed by atoms with Gasteiger partial charge >= 0.3 is 0 Å². The van der Waals surface area contributed by atoms with Gasteiger partial charge in [-0.05, 0) is 31.2 Å². The van der Waals surface area contributed by atoms with Crippen LogP contribution in [0, 0.1) is 0 Å². The van der Waals surface area contributed by atoms with Crippen LogP contribution in [0.15, 0.2) is 53.5 Å². The quantitative estimate of drug-likeness (QED) is 0.524. The Morgan fingerprint density at radius 2 is 1.81 bits per heavy atom. The van der Waals surface area contributed by atoms with Crippen LogP contribution in [-0.2, 0) is 4.79 Å². The molecule has 0 saturated carbocycles. The first-order valence-corrected chi connectivity index (χ1v) is 10.5. The first kappa shape index (κ1) is 22.3. The van der Waals surface area contributed by atoms with Crippen molar-refractivity contribution in [2.45, 2.75) is 6.92 Å². The number of carbonyl (C=O) groups is 1. The van der Waals surface area contributed by atoms with E-state index in [1.54, 1.807) is 14.2 Å². The van der Waals surface area contributed by atoms with Gasteiger partial charge in [-0.3, -0.25) is 9.79 Å². The number of benzene rings is 2. The molecule has 0 spiro atoms. The van der Waals surface area contributed by atoms with Gasteiger partial charge in [-0.15, -0.1) is 0 Å². The number of aliphatic imine (C=N–C) groups is 1.